The van der Waals surface area contributed by atoms with Gasteiger partial charge < -0.3 is 30.0 Å². The third-order valence-electron chi connectivity index (χ3n) is 9.95. The van der Waals surface area contributed by atoms with E-state index in [1.165, 1.54) is 12.0 Å². The molecule has 2 fully saturated rings. The highest BCUT2D eigenvalue weighted by atomic mass is 16.5. The Kier molecular flexibility index (Phi) is 11.3. The van der Waals surface area contributed by atoms with Gasteiger partial charge in [0, 0.05) is 36.2 Å². The number of rotatable bonds is 14. The topological polar surface area (TPSA) is 115 Å². The van der Waals surface area contributed by atoms with Crippen LogP contribution in [0.5, 0.6) is 11.5 Å². The molecule has 0 bridgehead atoms. The fourth-order valence-corrected chi connectivity index (χ4v) is 7.04. The Morgan fingerprint density at radius 2 is 1.85 bits per heavy atom. The Morgan fingerprint density at radius 1 is 1.09 bits per heavy atom. The molecular weight excluding hydrogens is 578 g/mol. The normalized spacial score (nSPS) is 19.7. The van der Waals surface area contributed by atoms with Crippen LogP contribution in [0.4, 0.5) is 0 Å². The first kappa shape index (κ1) is 33.9. The Balaban J connectivity index is 1.42. The Morgan fingerprint density at radius 3 is 2.54 bits per heavy atom. The molecule has 5 rings (SSSR count). The average molecular weight is 630 g/mol. The Bertz CT molecular complexity index is 1470. The van der Waals surface area contributed by atoms with Crippen molar-refractivity contribution >= 4 is 23.1 Å². The summed E-state index contributed by atoms with van der Waals surface area (Å²) in [4.78, 5) is 32.4. The minimum atomic E-state index is -0.585. The number of benzene rings is 2. The van der Waals surface area contributed by atoms with Gasteiger partial charge in [0.2, 0.25) is 5.91 Å². The number of aromatic nitrogens is 1. The van der Waals surface area contributed by atoms with Crippen molar-refractivity contribution < 1.29 is 24.2 Å². The van der Waals surface area contributed by atoms with Crippen LogP contribution in [0.1, 0.15) is 82.0 Å². The highest BCUT2D eigenvalue weighted by molar-refractivity contribution is 5.88. The van der Waals surface area contributed by atoms with Gasteiger partial charge in [0.1, 0.15) is 23.9 Å². The number of aliphatic hydroxyl groups excluding tert-OH is 1. The van der Waals surface area contributed by atoms with E-state index in [4.69, 9.17) is 20.2 Å². The van der Waals surface area contributed by atoms with Crippen LogP contribution >= 0.6 is 0 Å². The number of aryl methyl sites for hydroxylation is 3. The zero-order valence-electron chi connectivity index (χ0n) is 27.7. The maximum absolute atomic E-state index is 13.6. The number of ether oxygens (including phenoxy) is 2. The number of carbonyl (C=O) groups excluding carboxylic acids is 2. The first-order chi connectivity index (χ1) is 22.2. The third kappa shape index (κ3) is 8.26. The summed E-state index contributed by atoms with van der Waals surface area (Å²) in [6.07, 6.45) is 10.4. The van der Waals surface area contributed by atoms with E-state index in [1.54, 1.807) is 12.0 Å². The molecule has 1 saturated heterocycles. The number of aliphatic hydroxyl groups is 1. The highest BCUT2D eigenvalue weighted by Gasteiger charge is 2.40. The molecule has 0 unspecified atom stereocenters. The number of likely N-dealkylation sites (tertiary alicyclic amines) is 1. The standard InChI is InChI=1S/C38H51N3O5/c1-38(2,25-43)18-10-15-28-19-32-33(22-34(28)45-3)40-29(17-16-26-11-6-4-7-12-26)20-35(32)46-31-21-30(24-42)41(23-31)37(44)36(39)27-13-8-5-9-14-27/h4,6-7,11-12,19-20,22,24,27,30-31,36,43H,5,8-10,13-18,21,23,25,39H2,1-3H3/t30-,31+,36-/m0/s1. The van der Waals surface area contributed by atoms with Crippen LogP contribution in [0.25, 0.3) is 10.9 Å². The molecule has 46 heavy (non-hydrogen) atoms. The first-order valence-corrected chi connectivity index (χ1v) is 17.0. The molecule has 3 atom stereocenters. The molecule has 2 aromatic carbocycles. The molecule has 1 aliphatic heterocycles. The maximum Gasteiger partial charge on any atom is 0.240 e. The van der Waals surface area contributed by atoms with Crippen LogP contribution in [0, 0.1) is 11.3 Å². The molecule has 3 N–H and O–H groups in total. The number of hydrogen-bond donors (Lipinski definition) is 2. The van der Waals surface area contributed by atoms with Crippen LogP contribution in [-0.2, 0) is 28.9 Å². The first-order valence-electron chi connectivity index (χ1n) is 17.0. The number of hydrogen-bond acceptors (Lipinski definition) is 7. The zero-order chi connectivity index (χ0) is 32.7. The summed E-state index contributed by atoms with van der Waals surface area (Å²) < 4.78 is 12.5. The lowest BCUT2D eigenvalue weighted by Crippen LogP contribution is -2.50. The SMILES string of the molecule is COc1cc2nc(CCc3ccccc3)cc(O[C@@H]3C[C@@H](C=O)N(C(=O)[C@@H](N)C4CCCCC4)C3)c2cc1CCCC(C)(C)CO. The summed E-state index contributed by atoms with van der Waals surface area (Å²) in [6.45, 7) is 4.61. The van der Waals surface area contributed by atoms with E-state index in [2.05, 4.69) is 32.0 Å². The summed E-state index contributed by atoms with van der Waals surface area (Å²) in [5.74, 6) is 1.51. The number of nitrogens with two attached hydrogens (primary N) is 1. The molecule has 1 aromatic heterocycles. The average Bonchev–Trinajstić information content (AvgIpc) is 3.50. The number of carbonyl (C=O) groups is 2. The molecule has 1 amide bonds. The van der Waals surface area contributed by atoms with Crippen LogP contribution in [0.15, 0.2) is 48.5 Å². The maximum atomic E-state index is 13.6. The van der Waals surface area contributed by atoms with Crippen molar-refractivity contribution in [1.29, 1.82) is 0 Å². The van der Waals surface area contributed by atoms with Crippen molar-refractivity contribution in [3.8, 4) is 11.5 Å². The van der Waals surface area contributed by atoms with Crippen molar-refractivity contribution in [1.82, 2.24) is 9.88 Å². The number of fused-ring (bicyclic) bond motifs is 1. The van der Waals surface area contributed by atoms with E-state index in [1.807, 2.05) is 30.3 Å². The van der Waals surface area contributed by atoms with Gasteiger partial charge in [-0.15, -0.1) is 0 Å². The second kappa shape index (κ2) is 15.4. The Labute approximate surface area is 273 Å². The van der Waals surface area contributed by atoms with E-state index >= 15 is 0 Å². The van der Waals surface area contributed by atoms with Crippen molar-refractivity contribution in [2.45, 2.75) is 103 Å². The number of amides is 1. The minimum Gasteiger partial charge on any atom is -0.496 e. The largest absolute Gasteiger partial charge is 0.496 e. The molecular formula is C38H51N3O5. The van der Waals surface area contributed by atoms with Gasteiger partial charge in [0.05, 0.1) is 31.3 Å². The lowest BCUT2D eigenvalue weighted by Gasteiger charge is -2.31. The van der Waals surface area contributed by atoms with Gasteiger partial charge >= 0.3 is 0 Å². The molecule has 1 aliphatic carbocycles. The van der Waals surface area contributed by atoms with Gasteiger partial charge in [-0.05, 0) is 73.5 Å². The minimum absolute atomic E-state index is 0.143. The lowest BCUT2D eigenvalue weighted by molar-refractivity contribution is -0.137. The predicted molar refractivity (Wildman–Crippen MR) is 181 cm³/mol. The van der Waals surface area contributed by atoms with Gasteiger partial charge in [-0.3, -0.25) is 9.78 Å². The molecule has 248 valence electrons. The van der Waals surface area contributed by atoms with E-state index in [0.29, 0.717) is 18.7 Å². The van der Waals surface area contributed by atoms with Crippen molar-refractivity contribution in [3.05, 3.63) is 65.4 Å². The molecule has 8 heteroatoms. The molecule has 8 nitrogen and oxygen atoms in total. The van der Waals surface area contributed by atoms with Crippen molar-refractivity contribution in [2.75, 3.05) is 20.3 Å². The smallest absolute Gasteiger partial charge is 0.240 e. The second-order valence-corrected chi connectivity index (χ2v) is 14.0. The van der Waals surface area contributed by atoms with Gasteiger partial charge in [0.25, 0.3) is 0 Å². The van der Waals surface area contributed by atoms with Crippen molar-refractivity contribution in [3.63, 3.8) is 0 Å². The zero-order valence-corrected chi connectivity index (χ0v) is 27.7. The number of pyridine rings is 1. The number of aldehydes is 1. The number of nitrogens with zero attached hydrogens (tertiary/aromatic N) is 2. The van der Waals surface area contributed by atoms with E-state index < -0.39 is 12.1 Å². The van der Waals surface area contributed by atoms with Gasteiger partial charge in [-0.1, -0.05) is 63.4 Å². The predicted octanol–water partition coefficient (Wildman–Crippen LogP) is 5.82. The molecule has 2 heterocycles. The van der Waals surface area contributed by atoms with Gasteiger partial charge in [0.15, 0.2) is 0 Å². The second-order valence-electron chi connectivity index (χ2n) is 14.0. The van der Waals surface area contributed by atoms with E-state index in [9.17, 15) is 14.7 Å². The fourth-order valence-electron chi connectivity index (χ4n) is 7.04. The van der Waals surface area contributed by atoms with E-state index in [0.717, 1.165) is 92.0 Å². The monoisotopic (exact) mass is 629 g/mol. The fraction of sp³-hybridized carbons (Fsp3) is 0.553. The van der Waals surface area contributed by atoms with Crippen LogP contribution in [0.3, 0.4) is 0 Å². The molecule has 0 radical (unpaired) electrons. The summed E-state index contributed by atoms with van der Waals surface area (Å²) in [5, 5.41) is 10.6. The van der Waals surface area contributed by atoms with Crippen LogP contribution in [0.2, 0.25) is 0 Å². The molecule has 0 spiro atoms. The van der Waals surface area contributed by atoms with Crippen LogP contribution < -0.4 is 15.2 Å². The molecule has 3 aromatic rings. The summed E-state index contributed by atoms with van der Waals surface area (Å²) in [5.41, 5.74) is 10.3. The number of methoxy groups -OCH3 is 1. The summed E-state index contributed by atoms with van der Waals surface area (Å²) in [6, 6.07) is 15.3. The quantitative estimate of drug-likeness (QED) is 0.216. The summed E-state index contributed by atoms with van der Waals surface area (Å²) >= 11 is 0. The van der Waals surface area contributed by atoms with E-state index in [-0.39, 0.29) is 30.0 Å². The Hall–Kier alpha value is -3.49. The lowest BCUT2D eigenvalue weighted by atomic mass is 9.83. The van der Waals surface area contributed by atoms with Crippen LogP contribution in [-0.4, -0.2) is 65.6 Å². The van der Waals surface area contributed by atoms with Gasteiger partial charge in [-0.2, -0.15) is 0 Å². The third-order valence-corrected chi connectivity index (χ3v) is 9.95. The highest BCUT2D eigenvalue weighted by Crippen LogP contribution is 2.36. The molecule has 1 saturated carbocycles. The van der Waals surface area contributed by atoms with Gasteiger partial charge in [-0.25, -0.2) is 0 Å². The van der Waals surface area contributed by atoms with Crippen molar-refractivity contribution in [2.24, 2.45) is 17.1 Å². The summed E-state index contributed by atoms with van der Waals surface area (Å²) in [7, 11) is 1.68. The molecule has 2 aliphatic rings.